The molecule has 84 valence electrons. The Morgan fingerprint density at radius 2 is 2.33 bits per heavy atom. The molecule has 0 amide bonds. The average molecular weight is 211 g/mol. The molecule has 5 heteroatoms. The van der Waals surface area contributed by atoms with Gasteiger partial charge in [0.1, 0.15) is 11.6 Å². The molecule has 1 aromatic heterocycles. The predicted molar refractivity (Wildman–Crippen MR) is 59.2 cm³/mol. The molecule has 0 atom stereocenters. The van der Waals surface area contributed by atoms with Crippen molar-refractivity contribution in [3.8, 4) is 0 Å². The highest BCUT2D eigenvalue weighted by Gasteiger charge is 1.96. The molecule has 0 aliphatic heterocycles. The third-order valence-electron chi connectivity index (χ3n) is 1.94. The first kappa shape index (κ1) is 11.7. The van der Waals surface area contributed by atoms with E-state index in [4.69, 9.17) is 4.74 Å². The van der Waals surface area contributed by atoms with Crippen LogP contribution in [0.25, 0.3) is 0 Å². The van der Waals surface area contributed by atoms with Crippen molar-refractivity contribution in [2.24, 2.45) is 0 Å². The zero-order valence-electron chi connectivity index (χ0n) is 9.17. The largest absolute Gasteiger partial charge is 0.385 e. The molecule has 0 aromatic carbocycles. The molecule has 5 nitrogen and oxygen atoms in total. The van der Waals surface area contributed by atoms with E-state index in [0.717, 1.165) is 26.0 Å². The van der Waals surface area contributed by atoms with Gasteiger partial charge in [-0.05, 0) is 19.8 Å². The lowest BCUT2D eigenvalue weighted by Crippen LogP contribution is -2.12. The number of aryl methyl sites for hydroxylation is 1. The van der Waals surface area contributed by atoms with E-state index in [2.05, 4.69) is 15.3 Å². The summed E-state index contributed by atoms with van der Waals surface area (Å²) in [5.74, 6) is 1.26. The van der Waals surface area contributed by atoms with Gasteiger partial charge in [-0.2, -0.15) is 0 Å². The molecule has 1 aromatic rings. The van der Waals surface area contributed by atoms with Gasteiger partial charge in [0.25, 0.3) is 5.56 Å². The number of aromatic amines is 1. The maximum Gasteiger partial charge on any atom is 0.252 e. The molecule has 15 heavy (non-hydrogen) atoms. The van der Waals surface area contributed by atoms with Crippen LogP contribution in [0.3, 0.4) is 0 Å². The summed E-state index contributed by atoms with van der Waals surface area (Å²) in [6.45, 7) is 3.33. The molecule has 0 saturated carbocycles. The van der Waals surface area contributed by atoms with E-state index >= 15 is 0 Å². The van der Waals surface area contributed by atoms with Crippen LogP contribution in [-0.2, 0) is 4.74 Å². The fourth-order valence-electron chi connectivity index (χ4n) is 1.26. The van der Waals surface area contributed by atoms with Crippen LogP contribution in [0.5, 0.6) is 0 Å². The van der Waals surface area contributed by atoms with Crippen molar-refractivity contribution >= 4 is 5.82 Å². The summed E-state index contributed by atoms with van der Waals surface area (Å²) in [6, 6.07) is 1.46. The van der Waals surface area contributed by atoms with Crippen LogP contribution >= 0.6 is 0 Å². The molecule has 2 N–H and O–H groups in total. The highest BCUT2D eigenvalue weighted by Crippen LogP contribution is 1.98. The minimum absolute atomic E-state index is 0.123. The molecule has 0 bridgehead atoms. The van der Waals surface area contributed by atoms with Crippen LogP contribution in [0, 0.1) is 6.92 Å². The van der Waals surface area contributed by atoms with Crippen molar-refractivity contribution in [3.05, 3.63) is 22.2 Å². The first-order chi connectivity index (χ1) is 7.22. The van der Waals surface area contributed by atoms with Crippen molar-refractivity contribution in [1.82, 2.24) is 9.97 Å². The normalized spacial score (nSPS) is 10.3. The molecule has 0 unspecified atom stereocenters. The van der Waals surface area contributed by atoms with Crippen molar-refractivity contribution < 1.29 is 4.74 Å². The highest BCUT2D eigenvalue weighted by atomic mass is 16.5. The molecule has 0 aliphatic rings. The van der Waals surface area contributed by atoms with Crippen molar-refractivity contribution in [3.63, 3.8) is 0 Å². The maximum absolute atomic E-state index is 11.1. The molecular formula is C10H17N3O2. The van der Waals surface area contributed by atoms with Gasteiger partial charge in [0.05, 0.1) is 0 Å². The van der Waals surface area contributed by atoms with E-state index in [9.17, 15) is 4.79 Å². The van der Waals surface area contributed by atoms with Crippen molar-refractivity contribution in [2.45, 2.75) is 19.8 Å². The number of hydrogen-bond acceptors (Lipinski definition) is 4. The minimum Gasteiger partial charge on any atom is -0.385 e. The van der Waals surface area contributed by atoms with Gasteiger partial charge in [-0.3, -0.25) is 4.79 Å². The predicted octanol–water partition coefficient (Wildman–Crippen LogP) is 0.917. The molecule has 0 radical (unpaired) electrons. The van der Waals surface area contributed by atoms with Gasteiger partial charge in [0.15, 0.2) is 0 Å². The van der Waals surface area contributed by atoms with Crippen LogP contribution in [0.1, 0.15) is 18.7 Å². The first-order valence-corrected chi connectivity index (χ1v) is 5.03. The number of rotatable bonds is 6. The second kappa shape index (κ2) is 6.19. The molecule has 0 aliphatic carbocycles. The van der Waals surface area contributed by atoms with Gasteiger partial charge in [0, 0.05) is 26.3 Å². The lowest BCUT2D eigenvalue weighted by molar-refractivity contribution is 0.194. The summed E-state index contributed by atoms with van der Waals surface area (Å²) in [5.41, 5.74) is -0.123. The lowest BCUT2D eigenvalue weighted by Gasteiger charge is -2.05. The number of unbranched alkanes of at least 4 members (excludes halogenated alkanes) is 1. The van der Waals surface area contributed by atoms with Crippen LogP contribution < -0.4 is 10.9 Å². The number of aromatic nitrogens is 2. The Morgan fingerprint density at radius 1 is 1.53 bits per heavy atom. The fraction of sp³-hybridized carbons (Fsp3) is 0.600. The van der Waals surface area contributed by atoms with Gasteiger partial charge in [-0.1, -0.05) is 0 Å². The molecule has 0 fully saturated rings. The van der Waals surface area contributed by atoms with Crippen LogP contribution in [-0.4, -0.2) is 30.2 Å². The summed E-state index contributed by atoms with van der Waals surface area (Å²) >= 11 is 0. The summed E-state index contributed by atoms with van der Waals surface area (Å²) < 4.78 is 4.93. The zero-order chi connectivity index (χ0) is 11.1. The Morgan fingerprint density at radius 3 is 3.00 bits per heavy atom. The number of H-pyrrole nitrogens is 1. The highest BCUT2D eigenvalue weighted by molar-refractivity contribution is 5.32. The Hall–Kier alpha value is -1.36. The fourth-order valence-corrected chi connectivity index (χ4v) is 1.26. The third kappa shape index (κ3) is 4.60. The van der Waals surface area contributed by atoms with Crippen LogP contribution in [0.2, 0.25) is 0 Å². The Bertz CT molecular complexity index is 349. The standard InChI is InChI=1S/C10H17N3O2/c1-8-12-9(7-10(14)13-8)11-5-3-4-6-15-2/h7H,3-6H2,1-2H3,(H2,11,12,13,14). The van der Waals surface area contributed by atoms with Gasteiger partial charge in [-0.15, -0.1) is 0 Å². The van der Waals surface area contributed by atoms with Gasteiger partial charge in [-0.25, -0.2) is 4.98 Å². The Labute approximate surface area is 88.9 Å². The number of nitrogens with zero attached hydrogens (tertiary/aromatic N) is 1. The van der Waals surface area contributed by atoms with Gasteiger partial charge < -0.3 is 15.0 Å². The summed E-state index contributed by atoms with van der Waals surface area (Å²) in [4.78, 5) is 17.8. The van der Waals surface area contributed by atoms with E-state index in [1.807, 2.05) is 0 Å². The number of nitrogens with one attached hydrogen (secondary N) is 2. The smallest absolute Gasteiger partial charge is 0.252 e. The number of methoxy groups -OCH3 is 1. The van der Waals surface area contributed by atoms with Crippen molar-refractivity contribution in [2.75, 3.05) is 25.6 Å². The zero-order valence-corrected chi connectivity index (χ0v) is 9.17. The van der Waals surface area contributed by atoms with E-state index in [1.165, 1.54) is 6.07 Å². The van der Waals surface area contributed by atoms with E-state index < -0.39 is 0 Å². The average Bonchev–Trinajstić information content (AvgIpc) is 2.16. The number of anilines is 1. The molecule has 0 spiro atoms. The molecule has 0 saturated heterocycles. The van der Waals surface area contributed by atoms with Crippen LogP contribution in [0.15, 0.2) is 10.9 Å². The third-order valence-corrected chi connectivity index (χ3v) is 1.94. The Kier molecular flexibility index (Phi) is 4.83. The van der Waals surface area contributed by atoms with Gasteiger partial charge >= 0.3 is 0 Å². The monoisotopic (exact) mass is 211 g/mol. The number of ether oxygens (including phenoxy) is 1. The maximum atomic E-state index is 11.1. The molecule has 1 rings (SSSR count). The second-order valence-electron chi connectivity index (χ2n) is 3.34. The second-order valence-corrected chi connectivity index (χ2v) is 3.34. The topological polar surface area (TPSA) is 67.0 Å². The summed E-state index contributed by atoms with van der Waals surface area (Å²) in [7, 11) is 1.69. The lowest BCUT2D eigenvalue weighted by atomic mass is 10.3. The van der Waals surface area contributed by atoms with E-state index in [1.54, 1.807) is 14.0 Å². The molecular weight excluding hydrogens is 194 g/mol. The van der Waals surface area contributed by atoms with Crippen LogP contribution in [0.4, 0.5) is 5.82 Å². The first-order valence-electron chi connectivity index (χ1n) is 5.03. The van der Waals surface area contributed by atoms with E-state index in [0.29, 0.717) is 11.6 Å². The SMILES string of the molecule is COCCCCNc1cc(=O)[nH]c(C)n1. The minimum atomic E-state index is -0.123. The van der Waals surface area contributed by atoms with E-state index in [-0.39, 0.29) is 5.56 Å². The quantitative estimate of drug-likeness (QED) is 0.686. The Balaban J connectivity index is 2.34. The summed E-state index contributed by atoms with van der Waals surface area (Å²) in [6.07, 6.45) is 2.01. The number of hydrogen-bond donors (Lipinski definition) is 2. The van der Waals surface area contributed by atoms with Gasteiger partial charge in [0.2, 0.25) is 0 Å². The summed E-state index contributed by atoms with van der Waals surface area (Å²) in [5, 5.41) is 3.10. The van der Waals surface area contributed by atoms with Crippen molar-refractivity contribution in [1.29, 1.82) is 0 Å². The molecule has 1 heterocycles.